The van der Waals surface area contributed by atoms with E-state index >= 15 is 0 Å². The summed E-state index contributed by atoms with van der Waals surface area (Å²) in [7, 11) is 0. The highest BCUT2D eigenvalue weighted by Gasteiger charge is 2.37. The molecule has 2 N–H and O–H groups in total. The molecular formula is C17H25Cl2NO. The standard InChI is InChI=1S/C17H25Cl2NO/c1-2-21-17(9-5-3-4-6-10-17)16(20)11-13-7-8-14(18)12-15(13)19/h7-8,12,16H,2-6,9-11,20H2,1H3. The Balaban J connectivity index is 2.15. The molecule has 1 aliphatic rings. The molecule has 0 amide bonds. The van der Waals surface area contributed by atoms with Crippen molar-refractivity contribution in [2.75, 3.05) is 6.61 Å². The van der Waals surface area contributed by atoms with Gasteiger partial charge in [-0.25, -0.2) is 0 Å². The lowest BCUT2D eigenvalue weighted by atomic mass is 9.83. The Morgan fingerprint density at radius 1 is 1.19 bits per heavy atom. The Morgan fingerprint density at radius 2 is 1.86 bits per heavy atom. The van der Waals surface area contributed by atoms with Crippen LogP contribution in [0.3, 0.4) is 0 Å². The van der Waals surface area contributed by atoms with Gasteiger partial charge in [-0.3, -0.25) is 0 Å². The Morgan fingerprint density at radius 3 is 2.43 bits per heavy atom. The van der Waals surface area contributed by atoms with Crippen molar-refractivity contribution in [2.24, 2.45) is 5.73 Å². The quantitative estimate of drug-likeness (QED) is 0.772. The molecule has 1 aromatic carbocycles. The highest BCUT2D eigenvalue weighted by atomic mass is 35.5. The van der Waals surface area contributed by atoms with Crippen LogP contribution in [0.1, 0.15) is 51.0 Å². The Hall–Kier alpha value is -0.280. The summed E-state index contributed by atoms with van der Waals surface area (Å²) in [5, 5.41) is 1.35. The highest BCUT2D eigenvalue weighted by Crippen LogP contribution is 2.35. The van der Waals surface area contributed by atoms with E-state index in [0.29, 0.717) is 16.7 Å². The zero-order chi connectivity index (χ0) is 15.3. The van der Waals surface area contributed by atoms with Gasteiger partial charge in [-0.1, -0.05) is 55.0 Å². The fourth-order valence-electron chi connectivity index (χ4n) is 3.35. The summed E-state index contributed by atoms with van der Waals surface area (Å²) >= 11 is 12.2. The molecule has 2 nitrogen and oxygen atoms in total. The Bertz CT molecular complexity index is 456. The van der Waals surface area contributed by atoms with Crippen molar-refractivity contribution < 1.29 is 4.74 Å². The van der Waals surface area contributed by atoms with Gasteiger partial charge in [-0.05, 0) is 43.9 Å². The van der Waals surface area contributed by atoms with Gasteiger partial charge < -0.3 is 10.5 Å². The molecule has 1 atom stereocenters. The fraction of sp³-hybridized carbons (Fsp3) is 0.647. The predicted molar refractivity (Wildman–Crippen MR) is 90.2 cm³/mol. The minimum atomic E-state index is -0.200. The molecule has 0 radical (unpaired) electrons. The molecule has 4 heteroatoms. The molecule has 1 aliphatic carbocycles. The maximum absolute atomic E-state index is 6.56. The van der Waals surface area contributed by atoms with Gasteiger partial charge in [0, 0.05) is 22.7 Å². The molecule has 0 aliphatic heterocycles. The topological polar surface area (TPSA) is 35.2 Å². The molecule has 2 rings (SSSR count). The first-order chi connectivity index (χ1) is 10.1. The molecule has 0 saturated heterocycles. The third-order valence-corrected chi connectivity index (χ3v) is 5.10. The molecule has 0 bridgehead atoms. The molecule has 0 aromatic heterocycles. The monoisotopic (exact) mass is 329 g/mol. The summed E-state index contributed by atoms with van der Waals surface area (Å²) in [5.41, 5.74) is 7.41. The van der Waals surface area contributed by atoms with Crippen molar-refractivity contribution in [3.05, 3.63) is 33.8 Å². The number of hydrogen-bond acceptors (Lipinski definition) is 2. The predicted octanol–water partition coefficient (Wildman–Crippen LogP) is 4.99. The SMILES string of the molecule is CCOC1(C(N)Cc2ccc(Cl)cc2Cl)CCCCCC1. The van der Waals surface area contributed by atoms with Crippen LogP contribution in [0, 0.1) is 0 Å². The number of nitrogens with two attached hydrogens (primary N) is 1. The molecule has 118 valence electrons. The second-order valence-electron chi connectivity index (χ2n) is 5.96. The molecule has 1 unspecified atom stereocenters. The van der Waals surface area contributed by atoms with Gasteiger partial charge in [-0.15, -0.1) is 0 Å². The molecule has 21 heavy (non-hydrogen) atoms. The van der Waals surface area contributed by atoms with Gasteiger partial charge in [0.05, 0.1) is 5.60 Å². The van der Waals surface area contributed by atoms with Crippen LogP contribution < -0.4 is 5.73 Å². The van der Waals surface area contributed by atoms with Gasteiger partial charge in [-0.2, -0.15) is 0 Å². The second kappa shape index (κ2) is 7.82. The summed E-state index contributed by atoms with van der Waals surface area (Å²) < 4.78 is 6.15. The Kier molecular flexibility index (Phi) is 6.36. The van der Waals surface area contributed by atoms with E-state index in [1.807, 2.05) is 12.1 Å². The van der Waals surface area contributed by atoms with Crippen LogP contribution in [-0.4, -0.2) is 18.2 Å². The fourth-order valence-corrected chi connectivity index (χ4v) is 3.83. The summed E-state index contributed by atoms with van der Waals surface area (Å²) in [5.74, 6) is 0. The van der Waals surface area contributed by atoms with Crippen LogP contribution in [0.25, 0.3) is 0 Å². The summed E-state index contributed by atoms with van der Waals surface area (Å²) in [6.07, 6.45) is 7.78. The van der Waals surface area contributed by atoms with Gasteiger partial charge >= 0.3 is 0 Å². The lowest BCUT2D eigenvalue weighted by molar-refractivity contribution is -0.0683. The molecule has 1 fully saturated rings. The minimum absolute atomic E-state index is 0.0331. The maximum Gasteiger partial charge on any atom is 0.0835 e. The van der Waals surface area contributed by atoms with E-state index in [1.165, 1.54) is 25.7 Å². The first kappa shape index (κ1) is 17.1. The first-order valence-electron chi connectivity index (χ1n) is 7.91. The zero-order valence-electron chi connectivity index (χ0n) is 12.7. The van der Waals surface area contributed by atoms with Crippen LogP contribution >= 0.6 is 23.2 Å². The second-order valence-corrected chi connectivity index (χ2v) is 6.80. The third kappa shape index (κ3) is 4.35. The van der Waals surface area contributed by atoms with Crippen LogP contribution in [0.5, 0.6) is 0 Å². The zero-order valence-corrected chi connectivity index (χ0v) is 14.2. The van der Waals surface area contributed by atoms with Crippen molar-refractivity contribution in [1.82, 2.24) is 0 Å². The number of benzene rings is 1. The van der Waals surface area contributed by atoms with E-state index in [4.69, 9.17) is 33.7 Å². The number of hydrogen-bond donors (Lipinski definition) is 1. The van der Waals surface area contributed by atoms with E-state index in [9.17, 15) is 0 Å². The lowest BCUT2D eigenvalue weighted by Crippen LogP contribution is -2.51. The van der Waals surface area contributed by atoms with Crippen molar-refractivity contribution in [1.29, 1.82) is 0 Å². The van der Waals surface area contributed by atoms with Gasteiger partial charge in [0.25, 0.3) is 0 Å². The van der Waals surface area contributed by atoms with Crippen molar-refractivity contribution in [2.45, 2.75) is 63.5 Å². The van der Waals surface area contributed by atoms with Crippen molar-refractivity contribution >= 4 is 23.2 Å². The van der Waals surface area contributed by atoms with Crippen molar-refractivity contribution in [3.8, 4) is 0 Å². The largest absolute Gasteiger partial charge is 0.374 e. The van der Waals surface area contributed by atoms with Crippen molar-refractivity contribution in [3.63, 3.8) is 0 Å². The Labute approximate surface area is 137 Å². The molecule has 0 heterocycles. The lowest BCUT2D eigenvalue weighted by Gasteiger charge is -2.38. The maximum atomic E-state index is 6.56. The van der Waals surface area contributed by atoms with E-state index in [2.05, 4.69) is 6.92 Å². The average molecular weight is 330 g/mol. The first-order valence-corrected chi connectivity index (χ1v) is 8.66. The van der Waals surface area contributed by atoms with E-state index < -0.39 is 0 Å². The molecular weight excluding hydrogens is 305 g/mol. The van der Waals surface area contributed by atoms with Crippen LogP contribution in [0.2, 0.25) is 10.0 Å². The van der Waals surface area contributed by atoms with Gasteiger partial charge in [0.1, 0.15) is 0 Å². The minimum Gasteiger partial charge on any atom is -0.374 e. The summed E-state index contributed by atoms with van der Waals surface area (Å²) in [6.45, 7) is 2.76. The van der Waals surface area contributed by atoms with E-state index in [0.717, 1.165) is 24.8 Å². The number of halogens is 2. The highest BCUT2D eigenvalue weighted by molar-refractivity contribution is 6.35. The summed E-state index contributed by atoms with van der Waals surface area (Å²) in [4.78, 5) is 0. The van der Waals surface area contributed by atoms with Crippen LogP contribution in [0.4, 0.5) is 0 Å². The normalized spacial score (nSPS) is 20.0. The molecule has 0 spiro atoms. The summed E-state index contributed by atoms with van der Waals surface area (Å²) in [6, 6.07) is 5.59. The third-order valence-electron chi connectivity index (χ3n) is 4.51. The number of ether oxygens (including phenoxy) is 1. The molecule has 1 saturated carbocycles. The van der Waals surface area contributed by atoms with Crippen LogP contribution in [0.15, 0.2) is 18.2 Å². The molecule has 1 aromatic rings. The van der Waals surface area contributed by atoms with E-state index in [1.54, 1.807) is 6.07 Å². The van der Waals surface area contributed by atoms with Gasteiger partial charge in [0.2, 0.25) is 0 Å². The number of rotatable bonds is 5. The van der Waals surface area contributed by atoms with Crippen LogP contribution in [-0.2, 0) is 11.2 Å². The smallest absolute Gasteiger partial charge is 0.0835 e. The van der Waals surface area contributed by atoms with Gasteiger partial charge in [0.15, 0.2) is 0 Å². The average Bonchev–Trinajstić information content (AvgIpc) is 2.69. The van der Waals surface area contributed by atoms with E-state index in [-0.39, 0.29) is 11.6 Å².